The van der Waals surface area contributed by atoms with Gasteiger partial charge in [-0.25, -0.2) is 0 Å². The Morgan fingerprint density at radius 1 is 1.15 bits per heavy atom. The molecule has 0 aromatic heterocycles. The third-order valence-corrected chi connectivity index (χ3v) is 6.22. The summed E-state index contributed by atoms with van der Waals surface area (Å²) in [7, 11) is 0. The number of nitrogens with zero attached hydrogens (tertiary/aromatic N) is 3. The number of ether oxygens (including phenoxy) is 1. The Morgan fingerprint density at radius 2 is 1.85 bits per heavy atom. The Morgan fingerprint density at radius 3 is 2.50 bits per heavy atom. The largest absolute Gasteiger partial charge is 0.416 e. The molecular weight excluding hydrogens is 449 g/mol. The number of rotatable bonds is 5. The Labute approximate surface area is 195 Å². The zero-order chi connectivity index (χ0) is 24.3. The average Bonchev–Trinajstić information content (AvgIpc) is 3.18. The molecule has 0 radical (unpaired) electrons. The van der Waals surface area contributed by atoms with Crippen molar-refractivity contribution in [1.29, 1.82) is 5.26 Å². The van der Waals surface area contributed by atoms with Crippen LogP contribution < -0.4 is 10.2 Å². The molecule has 2 N–H and O–H groups in total. The summed E-state index contributed by atoms with van der Waals surface area (Å²) in [5.74, 6) is -0.354. The number of anilines is 1. The van der Waals surface area contributed by atoms with Crippen molar-refractivity contribution in [1.82, 2.24) is 10.2 Å². The quantitative estimate of drug-likeness (QED) is 0.691. The molecule has 180 valence electrons. The summed E-state index contributed by atoms with van der Waals surface area (Å²) in [5, 5.41) is 22.3. The second-order valence-electron chi connectivity index (χ2n) is 8.47. The lowest BCUT2D eigenvalue weighted by atomic mass is 10.1. The first-order valence-corrected chi connectivity index (χ1v) is 11.0. The van der Waals surface area contributed by atoms with Crippen molar-refractivity contribution < 1.29 is 27.8 Å². The molecule has 3 unspecified atom stereocenters. The van der Waals surface area contributed by atoms with Gasteiger partial charge in [0.05, 0.1) is 35.9 Å². The summed E-state index contributed by atoms with van der Waals surface area (Å²) in [4.78, 5) is 16.5. The molecule has 2 aliphatic rings. The molecule has 0 aliphatic carbocycles. The number of amides is 1. The van der Waals surface area contributed by atoms with Gasteiger partial charge in [0.25, 0.3) is 5.91 Å². The molecule has 3 atom stereocenters. The van der Waals surface area contributed by atoms with Crippen molar-refractivity contribution >= 4 is 11.6 Å². The Hall–Kier alpha value is -3.13. The van der Waals surface area contributed by atoms with Crippen molar-refractivity contribution in [2.75, 3.05) is 44.2 Å². The van der Waals surface area contributed by atoms with Gasteiger partial charge in [0.1, 0.15) is 6.10 Å². The first-order chi connectivity index (χ1) is 16.2. The number of carbonyl (C=O) groups excluding carboxylic acids is 1. The van der Waals surface area contributed by atoms with Gasteiger partial charge in [-0.1, -0.05) is 6.07 Å². The number of aliphatic hydroxyl groups is 1. The van der Waals surface area contributed by atoms with Gasteiger partial charge in [0.2, 0.25) is 0 Å². The van der Waals surface area contributed by atoms with E-state index < -0.39 is 30.0 Å². The lowest BCUT2D eigenvalue weighted by molar-refractivity contribution is -0.137. The summed E-state index contributed by atoms with van der Waals surface area (Å²) >= 11 is 0. The van der Waals surface area contributed by atoms with Crippen LogP contribution in [0.15, 0.2) is 48.5 Å². The fraction of sp³-hybridized carbons (Fsp3) is 0.417. The molecule has 2 aromatic carbocycles. The average molecular weight is 474 g/mol. The second kappa shape index (κ2) is 10.0. The zero-order valence-electron chi connectivity index (χ0n) is 18.3. The molecule has 7 nitrogen and oxygen atoms in total. The van der Waals surface area contributed by atoms with E-state index in [1.807, 2.05) is 11.0 Å². The van der Waals surface area contributed by atoms with Crippen molar-refractivity contribution in [3.8, 4) is 6.07 Å². The van der Waals surface area contributed by atoms with Crippen LogP contribution in [0.5, 0.6) is 0 Å². The van der Waals surface area contributed by atoms with Crippen LogP contribution >= 0.6 is 0 Å². The molecule has 2 heterocycles. The smallest absolute Gasteiger partial charge is 0.388 e. The number of nitrogens with one attached hydrogen (secondary N) is 1. The maximum atomic E-state index is 13.0. The van der Waals surface area contributed by atoms with E-state index in [1.54, 1.807) is 30.3 Å². The molecule has 2 saturated heterocycles. The van der Waals surface area contributed by atoms with Gasteiger partial charge < -0.3 is 20.1 Å². The number of aliphatic hydroxyl groups excluding tert-OH is 1. The van der Waals surface area contributed by atoms with Gasteiger partial charge in [-0.3, -0.25) is 9.69 Å². The molecule has 34 heavy (non-hydrogen) atoms. The van der Waals surface area contributed by atoms with E-state index >= 15 is 0 Å². The van der Waals surface area contributed by atoms with Crippen LogP contribution in [-0.4, -0.2) is 73.5 Å². The van der Waals surface area contributed by atoms with E-state index in [2.05, 4.69) is 10.2 Å². The van der Waals surface area contributed by atoms with Crippen molar-refractivity contribution in [2.24, 2.45) is 0 Å². The minimum absolute atomic E-state index is 0.179. The summed E-state index contributed by atoms with van der Waals surface area (Å²) in [6, 6.07) is 13.0. The molecule has 0 spiro atoms. The van der Waals surface area contributed by atoms with E-state index in [4.69, 9.17) is 10.00 Å². The Bertz CT molecular complexity index is 1050. The van der Waals surface area contributed by atoms with E-state index in [9.17, 15) is 23.1 Å². The predicted octanol–water partition coefficient (Wildman–Crippen LogP) is 2.26. The van der Waals surface area contributed by atoms with E-state index in [0.29, 0.717) is 49.5 Å². The maximum absolute atomic E-state index is 13.0. The molecule has 2 fully saturated rings. The minimum atomic E-state index is -4.38. The first-order valence-electron chi connectivity index (χ1n) is 11.0. The number of hydrogen-bond donors (Lipinski definition) is 2. The first kappa shape index (κ1) is 24.0. The minimum Gasteiger partial charge on any atom is -0.388 e. The molecular formula is C24H25F3N4O3. The van der Waals surface area contributed by atoms with Gasteiger partial charge >= 0.3 is 6.18 Å². The van der Waals surface area contributed by atoms with Crippen molar-refractivity contribution in [3.63, 3.8) is 0 Å². The van der Waals surface area contributed by atoms with Crippen molar-refractivity contribution in [2.45, 2.75) is 24.4 Å². The highest BCUT2D eigenvalue weighted by molar-refractivity contribution is 5.94. The Kier molecular flexibility index (Phi) is 7.07. The predicted molar refractivity (Wildman–Crippen MR) is 118 cm³/mol. The third-order valence-electron chi connectivity index (χ3n) is 6.22. The van der Waals surface area contributed by atoms with Crippen LogP contribution in [0.4, 0.5) is 18.9 Å². The van der Waals surface area contributed by atoms with Crippen LogP contribution in [-0.2, 0) is 10.9 Å². The summed E-state index contributed by atoms with van der Waals surface area (Å²) in [6.45, 7) is 2.99. The van der Waals surface area contributed by atoms with Crippen LogP contribution in [0.25, 0.3) is 0 Å². The Balaban J connectivity index is 1.27. The number of nitriles is 1. The molecule has 0 saturated carbocycles. The summed E-state index contributed by atoms with van der Waals surface area (Å²) < 4.78 is 44.7. The normalized spacial score (nSPS) is 23.5. The lowest BCUT2D eigenvalue weighted by Gasteiger charge is -2.37. The van der Waals surface area contributed by atoms with Crippen LogP contribution in [0.2, 0.25) is 0 Å². The molecule has 2 aromatic rings. The zero-order valence-corrected chi connectivity index (χ0v) is 18.3. The highest BCUT2D eigenvalue weighted by Crippen LogP contribution is 2.32. The molecule has 2 aliphatic heterocycles. The summed E-state index contributed by atoms with van der Waals surface area (Å²) in [5.41, 5.74) is 0.718. The monoisotopic (exact) mass is 474 g/mol. The summed E-state index contributed by atoms with van der Waals surface area (Å²) in [6.07, 6.45) is -5.74. The van der Waals surface area contributed by atoms with E-state index in [1.165, 1.54) is 12.1 Å². The van der Waals surface area contributed by atoms with E-state index in [-0.39, 0.29) is 12.5 Å². The number of piperazine rings is 1. The van der Waals surface area contributed by atoms with Crippen LogP contribution in [0, 0.1) is 11.3 Å². The second-order valence-corrected chi connectivity index (χ2v) is 8.47. The van der Waals surface area contributed by atoms with Gasteiger partial charge in [0.15, 0.2) is 0 Å². The SMILES string of the molecule is N#Cc1ccc(C(=O)NC2COC(CN3CCN(c4cccc(C(F)(F)F)c4)CC3)C2O)cc1. The van der Waals surface area contributed by atoms with Gasteiger partial charge in [0, 0.05) is 44.0 Å². The van der Waals surface area contributed by atoms with Gasteiger partial charge in [-0.05, 0) is 42.5 Å². The van der Waals surface area contributed by atoms with Crippen LogP contribution in [0.1, 0.15) is 21.5 Å². The fourth-order valence-electron chi connectivity index (χ4n) is 4.24. The topological polar surface area (TPSA) is 88.8 Å². The maximum Gasteiger partial charge on any atom is 0.416 e. The fourth-order valence-corrected chi connectivity index (χ4v) is 4.24. The standard InChI is InChI=1S/C24H25F3N4O3/c25-24(26,27)18-2-1-3-19(12-18)31-10-8-30(9-11-31)14-21-22(32)20(15-34-21)29-23(33)17-6-4-16(13-28)5-7-17/h1-7,12,20-22,32H,8-11,14-15H2,(H,29,33). The van der Waals surface area contributed by atoms with Gasteiger partial charge in [-0.2, -0.15) is 18.4 Å². The highest BCUT2D eigenvalue weighted by Gasteiger charge is 2.38. The number of halogens is 3. The molecule has 4 rings (SSSR count). The lowest BCUT2D eigenvalue weighted by Crippen LogP contribution is -2.51. The third kappa shape index (κ3) is 5.50. The number of hydrogen-bond acceptors (Lipinski definition) is 6. The number of benzene rings is 2. The molecule has 1 amide bonds. The van der Waals surface area contributed by atoms with Crippen molar-refractivity contribution in [3.05, 3.63) is 65.2 Å². The number of carbonyl (C=O) groups is 1. The van der Waals surface area contributed by atoms with Crippen LogP contribution in [0.3, 0.4) is 0 Å². The van der Waals surface area contributed by atoms with Gasteiger partial charge in [-0.15, -0.1) is 0 Å². The molecule has 10 heteroatoms. The molecule has 0 bridgehead atoms. The highest BCUT2D eigenvalue weighted by atomic mass is 19.4. The van der Waals surface area contributed by atoms with E-state index in [0.717, 1.165) is 6.07 Å². The number of alkyl halides is 3.